The average molecular weight is 316 g/mol. The number of hydrogen-bond donors (Lipinski definition) is 0. The summed E-state index contributed by atoms with van der Waals surface area (Å²) < 4.78 is 22.2. The van der Waals surface area contributed by atoms with Crippen molar-refractivity contribution in [1.82, 2.24) is 0 Å². The zero-order valence-electron chi connectivity index (χ0n) is 8.25. The number of alkyl halides is 1. The number of ether oxygens (including phenoxy) is 4. The summed E-state index contributed by atoms with van der Waals surface area (Å²) in [7, 11) is 0. The summed E-state index contributed by atoms with van der Waals surface area (Å²) in [6, 6.07) is 0. The summed E-state index contributed by atoms with van der Waals surface area (Å²) >= 11 is 2.28. The van der Waals surface area contributed by atoms with E-state index in [0.717, 1.165) is 17.5 Å². The monoisotopic (exact) mass is 316 g/mol. The fourth-order valence-corrected chi connectivity index (χ4v) is 1.44. The van der Waals surface area contributed by atoms with E-state index >= 15 is 0 Å². The highest BCUT2D eigenvalue weighted by Crippen LogP contribution is 2.07. The molecule has 0 amide bonds. The Kier molecular flexibility index (Phi) is 7.98. The molecule has 1 aliphatic heterocycles. The molecule has 0 saturated carbocycles. The molecular weight excluding hydrogens is 299 g/mol. The second-order valence-electron chi connectivity index (χ2n) is 2.87. The van der Waals surface area contributed by atoms with E-state index in [9.17, 15) is 0 Å². The van der Waals surface area contributed by atoms with Gasteiger partial charge in [0.2, 0.25) is 0 Å². The SMILES string of the molecule is ICCOCCOCCC1OCCO1. The third-order valence-corrected chi connectivity index (χ3v) is 2.22. The minimum atomic E-state index is -0.0507. The second-order valence-corrected chi connectivity index (χ2v) is 3.95. The van der Waals surface area contributed by atoms with Gasteiger partial charge in [0, 0.05) is 10.8 Å². The van der Waals surface area contributed by atoms with Gasteiger partial charge in [0.05, 0.1) is 39.6 Å². The van der Waals surface area contributed by atoms with Crippen LogP contribution in [-0.2, 0) is 18.9 Å². The highest BCUT2D eigenvalue weighted by molar-refractivity contribution is 14.1. The first-order chi connectivity index (χ1) is 6.93. The molecule has 0 bridgehead atoms. The smallest absolute Gasteiger partial charge is 0.160 e. The highest BCUT2D eigenvalue weighted by atomic mass is 127. The lowest BCUT2D eigenvalue weighted by atomic mass is 10.4. The molecule has 0 aromatic heterocycles. The van der Waals surface area contributed by atoms with Gasteiger partial charge in [0.25, 0.3) is 0 Å². The lowest BCUT2D eigenvalue weighted by Gasteiger charge is -2.09. The van der Waals surface area contributed by atoms with E-state index in [0.29, 0.717) is 33.0 Å². The topological polar surface area (TPSA) is 36.9 Å². The molecule has 1 rings (SSSR count). The molecule has 0 N–H and O–H groups in total. The lowest BCUT2D eigenvalue weighted by Crippen LogP contribution is -2.13. The normalized spacial score (nSPS) is 17.8. The van der Waals surface area contributed by atoms with Gasteiger partial charge in [-0.25, -0.2) is 0 Å². The molecule has 1 aliphatic rings. The Hall–Kier alpha value is 0.570. The molecule has 0 aromatic carbocycles. The van der Waals surface area contributed by atoms with Crippen LogP contribution in [0.25, 0.3) is 0 Å². The quantitative estimate of drug-likeness (QED) is 0.383. The molecule has 5 heteroatoms. The zero-order chi connectivity index (χ0) is 10.1. The van der Waals surface area contributed by atoms with Crippen molar-refractivity contribution in [3.8, 4) is 0 Å². The van der Waals surface area contributed by atoms with Crippen molar-refractivity contribution in [3.63, 3.8) is 0 Å². The molecule has 0 atom stereocenters. The molecule has 0 radical (unpaired) electrons. The summed E-state index contributed by atoms with van der Waals surface area (Å²) in [5, 5.41) is 0. The summed E-state index contributed by atoms with van der Waals surface area (Å²) in [6.07, 6.45) is 0.761. The summed E-state index contributed by atoms with van der Waals surface area (Å²) in [5.74, 6) is 0. The van der Waals surface area contributed by atoms with Gasteiger partial charge in [-0.15, -0.1) is 0 Å². The Morgan fingerprint density at radius 3 is 2.29 bits per heavy atom. The molecular formula is C9H17IO4. The van der Waals surface area contributed by atoms with Gasteiger partial charge in [0.15, 0.2) is 6.29 Å². The van der Waals surface area contributed by atoms with E-state index in [4.69, 9.17) is 18.9 Å². The maximum absolute atomic E-state index is 5.35. The Bertz CT molecular complexity index is 128. The standard InChI is InChI=1S/C9H17IO4/c10-2-4-12-6-5-11-3-1-9-13-7-8-14-9/h9H,1-8H2. The van der Waals surface area contributed by atoms with Crippen molar-refractivity contribution in [1.29, 1.82) is 0 Å². The van der Waals surface area contributed by atoms with E-state index in [-0.39, 0.29) is 6.29 Å². The molecule has 14 heavy (non-hydrogen) atoms. The minimum Gasteiger partial charge on any atom is -0.379 e. The van der Waals surface area contributed by atoms with Crippen molar-refractivity contribution in [2.45, 2.75) is 12.7 Å². The molecule has 1 saturated heterocycles. The first-order valence-corrected chi connectivity index (χ1v) is 6.40. The van der Waals surface area contributed by atoms with Crippen molar-refractivity contribution in [2.24, 2.45) is 0 Å². The Morgan fingerprint density at radius 2 is 1.64 bits per heavy atom. The van der Waals surface area contributed by atoms with Gasteiger partial charge < -0.3 is 18.9 Å². The predicted octanol–water partition coefficient (Wildman–Crippen LogP) is 1.22. The molecule has 0 aliphatic carbocycles. The van der Waals surface area contributed by atoms with E-state index in [1.807, 2.05) is 0 Å². The van der Waals surface area contributed by atoms with Gasteiger partial charge in [-0.3, -0.25) is 0 Å². The zero-order valence-corrected chi connectivity index (χ0v) is 10.4. The Balaban J connectivity index is 1.75. The molecule has 4 nitrogen and oxygen atoms in total. The van der Waals surface area contributed by atoms with Crippen molar-refractivity contribution < 1.29 is 18.9 Å². The van der Waals surface area contributed by atoms with Gasteiger partial charge in [-0.05, 0) is 0 Å². The molecule has 0 aromatic rings. The third-order valence-electron chi connectivity index (χ3n) is 1.78. The van der Waals surface area contributed by atoms with E-state index in [1.165, 1.54) is 0 Å². The van der Waals surface area contributed by atoms with Crippen LogP contribution in [0.4, 0.5) is 0 Å². The van der Waals surface area contributed by atoms with Gasteiger partial charge in [-0.1, -0.05) is 22.6 Å². The van der Waals surface area contributed by atoms with Crippen LogP contribution < -0.4 is 0 Å². The van der Waals surface area contributed by atoms with Crippen LogP contribution >= 0.6 is 22.6 Å². The summed E-state index contributed by atoms with van der Waals surface area (Å²) in [6.45, 7) is 4.24. The van der Waals surface area contributed by atoms with Gasteiger partial charge in [0.1, 0.15) is 0 Å². The molecule has 1 heterocycles. The van der Waals surface area contributed by atoms with E-state index < -0.39 is 0 Å². The van der Waals surface area contributed by atoms with Gasteiger partial charge in [-0.2, -0.15) is 0 Å². The van der Waals surface area contributed by atoms with Gasteiger partial charge >= 0.3 is 0 Å². The molecule has 1 fully saturated rings. The van der Waals surface area contributed by atoms with Crippen molar-refractivity contribution in [3.05, 3.63) is 0 Å². The van der Waals surface area contributed by atoms with Crippen LogP contribution in [0.3, 0.4) is 0 Å². The van der Waals surface area contributed by atoms with Crippen LogP contribution in [0.1, 0.15) is 6.42 Å². The fraction of sp³-hybridized carbons (Fsp3) is 1.00. The molecule has 0 spiro atoms. The Morgan fingerprint density at radius 1 is 1.00 bits per heavy atom. The fourth-order valence-electron chi connectivity index (χ4n) is 1.13. The largest absolute Gasteiger partial charge is 0.379 e. The van der Waals surface area contributed by atoms with Crippen molar-refractivity contribution >= 4 is 22.6 Å². The van der Waals surface area contributed by atoms with E-state index in [2.05, 4.69) is 22.6 Å². The first kappa shape index (κ1) is 12.6. The summed E-state index contributed by atoms with van der Waals surface area (Å²) in [4.78, 5) is 0. The number of rotatable bonds is 8. The third kappa shape index (κ3) is 6.13. The predicted molar refractivity (Wildman–Crippen MR) is 60.8 cm³/mol. The maximum Gasteiger partial charge on any atom is 0.160 e. The molecule has 0 unspecified atom stereocenters. The minimum absolute atomic E-state index is 0.0507. The molecule has 84 valence electrons. The second kappa shape index (κ2) is 8.84. The maximum atomic E-state index is 5.35. The highest BCUT2D eigenvalue weighted by Gasteiger charge is 2.14. The van der Waals surface area contributed by atoms with Crippen LogP contribution in [0.5, 0.6) is 0 Å². The number of hydrogen-bond acceptors (Lipinski definition) is 4. The number of halogens is 1. The summed E-state index contributed by atoms with van der Waals surface area (Å²) in [5.41, 5.74) is 0. The van der Waals surface area contributed by atoms with Crippen molar-refractivity contribution in [2.75, 3.05) is 44.1 Å². The van der Waals surface area contributed by atoms with Crippen LogP contribution in [0.15, 0.2) is 0 Å². The Labute approximate surface area is 98.4 Å². The lowest BCUT2D eigenvalue weighted by molar-refractivity contribution is -0.0646. The van der Waals surface area contributed by atoms with E-state index in [1.54, 1.807) is 0 Å². The van der Waals surface area contributed by atoms with Crippen LogP contribution in [0.2, 0.25) is 0 Å². The van der Waals surface area contributed by atoms with Crippen LogP contribution in [-0.4, -0.2) is 50.4 Å². The van der Waals surface area contributed by atoms with Crippen LogP contribution in [0, 0.1) is 0 Å². The first-order valence-electron chi connectivity index (χ1n) is 4.88. The average Bonchev–Trinajstić information content (AvgIpc) is 2.69.